The van der Waals surface area contributed by atoms with Gasteiger partial charge in [-0.2, -0.15) is 5.26 Å². The van der Waals surface area contributed by atoms with Crippen molar-refractivity contribution in [2.75, 3.05) is 11.9 Å². The molecule has 1 N–H and O–H groups in total. The van der Waals surface area contributed by atoms with E-state index < -0.39 is 0 Å². The highest BCUT2D eigenvalue weighted by atomic mass is 35.5. The van der Waals surface area contributed by atoms with Crippen LogP contribution in [-0.4, -0.2) is 12.5 Å². The van der Waals surface area contributed by atoms with E-state index in [1.165, 1.54) is 0 Å². The quantitative estimate of drug-likeness (QED) is 0.310. The first-order valence-electron chi connectivity index (χ1n) is 9.22. The fraction of sp³-hybridized carbons (Fsp3) is 0.0833. The number of halogens is 3. The molecular weight excluding hydrogens is 455 g/mol. The zero-order valence-electron chi connectivity index (χ0n) is 16.5. The van der Waals surface area contributed by atoms with Crippen molar-refractivity contribution in [1.29, 1.82) is 5.26 Å². The Morgan fingerprint density at radius 2 is 1.77 bits per heavy atom. The van der Waals surface area contributed by atoms with Gasteiger partial charge in [-0.25, -0.2) is 0 Å². The van der Waals surface area contributed by atoms with E-state index in [1.54, 1.807) is 60.7 Å². The molecule has 0 aromatic heterocycles. The number of carbonyl (C=O) groups is 1. The van der Waals surface area contributed by atoms with Gasteiger partial charge in [0.1, 0.15) is 5.75 Å². The van der Waals surface area contributed by atoms with Gasteiger partial charge in [0.25, 0.3) is 5.91 Å². The molecule has 3 aromatic carbocycles. The molecule has 0 unspecified atom stereocenters. The fourth-order valence-electron chi connectivity index (χ4n) is 2.72. The van der Waals surface area contributed by atoms with Crippen molar-refractivity contribution in [3.05, 3.63) is 92.4 Å². The molecule has 0 atom stereocenters. The predicted octanol–water partition coefficient (Wildman–Crippen LogP) is 7.04. The van der Waals surface area contributed by atoms with Crippen molar-refractivity contribution in [2.45, 2.75) is 6.92 Å². The molecule has 0 heterocycles. The molecule has 0 spiro atoms. The number of rotatable bonds is 6. The number of carbonyl (C=O) groups excluding carboxylic acids is 1. The van der Waals surface area contributed by atoms with Gasteiger partial charge in [-0.3, -0.25) is 4.79 Å². The number of nitriles is 1. The van der Waals surface area contributed by atoms with Crippen LogP contribution in [0.4, 0.5) is 5.69 Å². The molecule has 0 aliphatic rings. The maximum absolute atomic E-state index is 12.1. The predicted molar refractivity (Wildman–Crippen MR) is 127 cm³/mol. The molecule has 0 aliphatic heterocycles. The number of hydrogen-bond donors (Lipinski definition) is 1. The van der Waals surface area contributed by atoms with E-state index in [0.717, 1.165) is 11.1 Å². The second-order valence-corrected chi connectivity index (χ2v) is 7.91. The van der Waals surface area contributed by atoms with E-state index in [0.29, 0.717) is 37.6 Å². The van der Waals surface area contributed by atoms with Gasteiger partial charge < -0.3 is 10.1 Å². The van der Waals surface area contributed by atoms with Gasteiger partial charge >= 0.3 is 0 Å². The normalized spacial score (nSPS) is 11.0. The molecule has 0 saturated heterocycles. The number of amides is 1. The summed E-state index contributed by atoms with van der Waals surface area (Å²) in [5, 5.41) is 13.7. The summed E-state index contributed by atoms with van der Waals surface area (Å²) in [6.45, 7) is 1.74. The highest BCUT2D eigenvalue weighted by Gasteiger charge is 2.08. The van der Waals surface area contributed by atoms with E-state index in [1.807, 2.05) is 13.0 Å². The van der Waals surface area contributed by atoms with Crippen LogP contribution >= 0.6 is 34.8 Å². The van der Waals surface area contributed by atoms with Crippen LogP contribution in [0.3, 0.4) is 0 Å². The molecule has 31 heavy (non-hydrogen) atoms. The Balaban J connectivity index is 1.63. The number of allylic oxidation sites excluding steroid dienone is 1. The Kier molecular flexibility index (Phi) is 7.59. The molecule has 3 rings (SSSR count). The topological polar surface area (TPSA) is 62.1 Å². The van der Waals surface area contributed by atoms with Crippen LogP contribution in [-0.2, 0) is 4.79 Å². The fourth-order valence-corrected chi connectivity index (χ4v) is 3.41. The van der Waals surface area contributed by atoms with E-state index in [4.69, 9.17) is 39.5 Å². The molecular formula is C24H17Cl3N2O2. The smallest absolute Gasteiger partial charge is 0.262 e. The van der Waals surface area contributed by atoms with Crippen LogP contribution in [0.2, 0.25) is 15.1 Å². The van der Waals surface area contributed by atoms with Gasteiger partial charge in [-0.05, 0) is 60.5 Å². The molecule has 7 heteroatoms. The summed E-state index contributed by atoms with van der Waals surface area (Å²) in [5.74, 6) is 0.227. The van der Waals surface area contributed by atoms with E-state index in [2.05, 4.69) is 11.4 Å². The van der Waals surface area contributed by atoms with Gasteiger partial charge in [0.2, 0.25) is 0 Å². The molecule has 0 radical (unpaired) electrons. The third kappa shape index (κ3) is 6.26. The first-order valence-corrected chi connectivity index (χ1v) is 10.3. The monoisotopic (exact) mass is 470 g/mol. The molecule has 4 nitrogen and oxygen atoms in total. The average Bonchev–Trinajstić information content (AvgIpc) is 2.74. The molecule has 1 amide bonds. The summed E-state index contributed by atoms with van der Waals surface area (Å²) >= 11 is 18.2. The third-order valence-electron chi connectivity index (χ3n) is 4.36. The zero-order valence-corrected chi connectivity index (χ0v) is 18.7. The lowest BCUT2D eigenvalue weighted by molar-refractivity contribution is -0.118. The van der Waals surface area contributed by atoms with Crippen molar-refractivity contribution < 1.29 is 9.53 Å². The SMILES string of the molecule is Cc1ccc(NC(=O)COc2ccc(/C=C(\C#N)c3ccc(Cl)cc3Cl)cc2)cc1Cl. The first kappa shape index (κ1) is 22.7. The van der Waals surface area contributed by atoms with Crippen LogP contribution in [0.15, 0.2) is 60.7 Å². The van der Waals surface area contributed by atoms with Gasteiger partial charge in [-0.15, -0.1) is 0 Å². The minimum atomic E-state index is -0.298. The number of hydrogen-bond acceptors (Lipinski definition) is 3. The van der Waals surface area contributed by atoms with Gasteiger partial charge in [-0.1, -0.05) is 59.1 Å². The summed E-state index contributed by atoms with van der Waals surface area (Å²) < 4.78 is 5.53. The lowest BCUT2D eigenvalue weighted by Crippen LogP contribution is -2.20. The molecule has 0 saturated carbocycles. The van der Waals surface area contributed by atoms with Crippen molar-refractivity contribution in [3.8, 4) is 11.8 Å². The van der Waals surface area contributed by atoms with Crippen LogP contribution in [0, 0.1) is 18.3 Å². The summed E-state index contributed by atoms with van der Waals surface area (Å²) in [4.78, 5) is 12.1. The van der Waals surface area contributed by atoms with Gasteiger partial charge in [0.05, 0.1) is 16.7 Å². The molecule has 0 aliphatic carbocycles. The Labute approximate surface area is 195 Å². The summed E-state index contributed by atoms with van der Waals surface area (Å²) in [7, 11) is 0. The third-order valence-corrected chi connectivity index (χ3v) is 5.31. The minimum absolute atomic E-state index is 0.148. The second-order valence-electron chi connectivity index (χ2n) is 6.66. The molecule has 0 bridgehead atoms. The van der Waals surface area contributed by atoms with Crippen LogP contribution in [0.1, 0.15) is 16.7 Å². The van der Waals surface area contributed by atoms with E-state index in [9.17, 15) is 10.1 Å². The number of nitrogens with one attached hydrogen (secondary N) is 1. The Bertz CT molecular complexity index is 1180. The highest BCUT2D eigenvalue weighted by Crippen LogP contribution is 2.28. The maximum atomic E-state index is 12.1. The summed E-state index contributed by atoms with van der Waals surface area (Å²) in [6.07, 6.45) is 1.72. The highest BCUT2D eigenvalue weighted by molar-refractivity contribution is 6.36. The van der Waals surface area contributed by atoms with Crippen molar-refractivity contribution in [2.24, 2.45) is 0 Å². The van der Waals surface area contributed by atoms with Crippen LogP contribution in [0.5, 0.6) is 5.75 Å². The van der Waals surface area contributed by atoms with Crippen molar-refractivity contribution in [3.63, 3.8) is 0 Å². The number of ether oxygens (including phenoxy) is 1. The lowest BCUT2D eigenvalue weighted by Gasteiger charge is -2.09. The first-order chi connectivity index (χ1) is 14.9. The van der Waals surface area contributed by atoms with E-state index in [-0.39, 0.29) is 12.5 Å². The Morgan fingerprint density at radius 1 is 1.03 bits per heavy atom. The number of anilines is 1. The minimum Gasteiger partial charge on any atom is -0.484 e. The van der Waals surface area contributed by atoms with Crippen LogP contribution in [0.25, 0.3) is 11.6 Å². The number of benzene rings is 3. The van der Waals surface area contributed by atoms with Crippen molar-refractivity contribution >= 4 is 58.0 Å². The maximum Gasteiger partial charge on any atom is 0.262 e. The molecule has 0 fully saturated rings. The number of nitrogens with zero attached hydrogens (tertiary/aromatic N) is 1. The zero-order chi connectivity index (χ0) is 22.4. The standard InChI is InChI=1S/C24H17Cl3N2O2/c1-15-2-6-19(12-22(15)26)29-24(30)14-31-20-7-3-16(4-8-20)10-17(13-28)21-9-5-18(25)11-23(21)27/h2-12H,14H2,1H3,(H,29,30)/b17-10+. The molecule has 156 valence electrons. The Morgan fingerprint density at radius 3 is 2.42 bits per heavy atom. The van der Waals surface area contributed by atoms with Gasteiger partial charge in [0.15, 0.2) is 6.61 Å². The van der Waals surface area contributed by atoms with Gasteiger partial charge in [0, 0.05) is 21.3 Å². The largest absolute Gasteiger partial charge is 0.484 e. The second kappa shape index (κ2) is 10.4. The van der Waals surface area contributed by atoms with Crippen LogP contribution < -0.4 is 10.1 Å². The van der Waals surface area contributed by atoms with Crippen molar-refractivity contribution in [1.82, 2.24) is 0 Å². The Hall–Kier alpha value is -2.97. The number of aryl methyl sites for hydroxylation is 1. The average molecular weight is 472 g/mol. The lowest BCUT2D eigenvalue weighted by atomic mass is 10.0. The summed E-state index contributed by atoms with van der Waals surface area (Å²) in [6, 6.07) is 19.4. The molecule has 3 aromatic rings. The summed E-state index contributed by atoms with van der Waals surface area (Å²) in [5.41, 5.74) is 3.33. The van der Waals surface area contributed by atoms with E-state index >= 15 is 0 Å².